The topological polar surface area (TPSA) is 120 Å². The van der Waals surface area contributed by atoms with Crippen LogP contribution in [-0.2, 0) is 4.74 Å². The lowest BCUT2D eigenvalue weighted by molar-refractivity contribution is 0.277. The average Bonchev–Trinajstić information content (AvgIpc) is 2.47. The Hall–Kier alpha value is -1.99. The molecule has 0 saturated heterocycles. The van der Waals surface area contributed by atoms with Crippen LogP contribution in [0, 0.1) is 0 Å². The molecule has 7 nitrogen and oxygen atoms in total. The van der Waals surface area contributed by atoms with E-state index in [4.69, 9.17) is 15.7 Å². The third kappa shape index (κ3) is 5.09. The molecule has 0 aliphatic carbocycles. The van der Waals surface area contributed by atoms with Crippen molar-refractivity contribution < 1.29 is 20.1 Å². The first-order valence-corrected chi connectivity index (χ1v) is 7.29. The number of hydrogen-bond donors (Lipinski definition) is 5. The van der Waals surface area contributed by atoms with Gasteiger partial charge in [0.2, 0.25) is 5.90 Å². The first kappa shape index (κ1) is 18.1. The second-order valence-electron chi connectivity index (χ2n) is 5.19. The van der Waals surface area contributed by atoms with Gasteiger partial charge in [-0.2, -0.15) is 0 Å². The van der Waals surface area contributed by atoms with E-state index >= 15 is 0 Å². The Bertz CT molecular complexity index is 504. The lowest BCUT2D eigenvalue weighted by atomic mass is 9.99. The molecule has 0 heterocycles. The zero-order valence-electron chi connectivity index (χ0n) is 13.0. The summed E-state index contributed by atoms with van der Waals surface area (Å²) in [5, 5.41) is 35.0. The zero-order chi connectivity index (χ0) is 16.5. The molecule has 1 rings (SSSR count). The highest BCUT2D eigenvalue weighted by atomic mass is 16.5. The number of hydrogen-bond acceptors (Lipinski definition) is 7. The number of hydrazone groups is 1. The molecule has 0 fully saturated rings. The number of phenolic OH excluding ortho intramolecular Hbond substituents is 2. The van der Waals surface area contributed by atoms with E-state index in [0.29, 0.717) is 37.2 Å². The standard InChI is InChI=1S/C15H25N3O4/c1-10(2)11-8-12(14(21)9-13(11)20)15(18-16)22-7-3-4-17-5-6-19/h8-10,17,19-21H,3-7,16H2,1-2H3/b18-15-. The Labute approximate surface area is 130 Å². The van der Waals surface area contributed by atoms with Gasteiger partial charge in [-0.05, 0) is 30.5 Å². The maximum absolute atomic E-state index is 9.96. The minimum absolute atomic E-state index is 0.0285. The fraction of sp³-hybridized carbons (Fsp3) is 0.533. The maximum Gasteiger partial charge on any atom is 0.241 e. The van der Waals surface area contributed by atoms with Crippen molar-refractivity contribution >= 4 is 5.90 Å². The van der Waals surface area contributed by atoms with Gasteiger partial charge in [-0.1, -0.05) is 13.8 Å². The number of aliphatic hydroxyl groups is 1. The van der Waals surface area contributed by atoms with Gasteiger partial charge in [-0.3, -0.25) is 0 Å². The summed E-state index contributed by atoms with van der Waals surface area (Å²) in [6.07, 6.45) is 0.703. The molecular formula is C15H25N3O4. The van der Waals surface area contributed by atoms with E-state index in [2.05, 4.69) is 10.4 Å². The highest BCUT2D eigenvalue weighted by Gasteiger charge is 2.16. The Kier molecular flexibility index (Phi) is 7.48. The largest absolute Gasteiger partial charge is 0.508 e. The van der Waals surface area contributed by atoms with E-state index in [0.717, 1.165) is 0 Å². The predicted octanol–water partition coefficient (Wildman–Crippen LogP) is 0.830. The van der Waals surface area contributed by atoms with Gasteiger partial charge in [-0.15, -0.1) is 5.10 Å². The van der Waals surface area contributed by atoms with Crippen LogP contribution in [0.25, 0.3) is 0 Å². The van der Waals surface area contributed by atoms with Gasteiger partial charge in [0.05, 0.1) is 18.8 Å². The molecule has 1 aromatic carbocycles. The summed E-state index contributed by atoms with van der Waals surface area (Å²) in [6.45, 7) is 5.55. The number of nitrogens with zero attached hydrogens (tertiary/aromatic N) is 1. The lowest BCUT2D eigenvalue weighted by Crippen LogP contribution is -2.21. The molecule has 7 heteroatoms. The molecule has 0 spiro atoms. The highest BCUT2D eigenvalue weighted by Crippen LogP contribution is 2.32. The Balaban J connectivity index is 2.73. The molecule has 1 aromatic rings. The summed E-state index contributed by atoms with van der Waals surface area (Å²) in [7, 11) is 0. The summed E-state index contributed by atoms with van der Waals surface area (Å²) < 4.78 is 5.49. The van der Waals surface area contributed by atoms with Gasteiger partial charge in [0.1, 0.15) is 11.5 Å². The molecule has 0 aliphatic rings. The Morgan fingerprint density at radius 3 is 2.59 bits per heavy atom. The Morgan fingerprint density at radius 1 is 1.27 bits per heavy atom. The van der Waals surface area contributed by atoms with E-state index in [1.807, 2.05) is 13.8 Å². The second-order valence-corrected chi connectivity index (χ2v) is 5.19. The summed E-state index contributed by atoms with van der Waals surface area (Å²) in [5.74, 6) is 5.45. The number of rotatable bonds is 8. The molecule has 0 atom stereocenters. The fourth-order valence-electron chi connectivity index (χ4n) is 1.98. The van der Waals surface area contributed by atoms with Crippen molar-refractivity contribution in [3.05, 3.63) is 23.3 Å². The van der Waals surface area contributed by atoms with Gasteiger partial charge < -0.3 is 31.2 Å². The van der Waals surface area contributed by atoms with Crippen molar-refractivity contribution in [3.63, 3.8) is 0 Å². The zero-order valence-corrected chi connectivity index (χ0v) is 13.0. The van der Waals surface area contributed by atoms with Gasteiger partial charge >= 0.3 is 0 Å². The minimum Gasteiger partial charge on any atom is -0.508 e. The van der Waals surface area contributed by atoms with Crippen molar-refractivity contribution in [3.8, 4) is 11.5 Å². The molecular weight excluding hydrogens is 286 g/mol. The van der Waals surface area contributed by atoms with Gasteiger partial charge in [0.15, 0.2) is 0 Å². The quantitative estimate of drug-likeness (QED) is 0.159. The van der Waals surface area contributed by atoms with Crippen LogP contribution in [0.15, 0.2) is 17.2 Å². The van der Waals surface area contributed by atoms with Crippen molar-refractivity contribution in [2.45, 2.75) is 26.2 Å². The molecule has 0 unspecified atom stereocenters. The fourth-order valence-corrected chi connectivity index (χ4v) is 1.98. The molecule has 0 aromatic heterocycles. The molecule has 0 amide bonds. The van der Waals surface area contributed by atoms with Crippen molar-refractivity contribution in [1.29, 1.82) is 0 Å². The third-order valence-corrected chi connectivity index (χ3v) is 3.14. The first-order chi connectivity index (χ1) is 10.5. The molecule has 0 aliphatic heterocycles. The minimum atomic E-state index is -0.135. The number of benzene rings is 1. The van der Waals surface area contributed by atoms with Crippen molar-refractivity contribution in [2.75, 3.05) is 26.3 Å². The maximum atomic E-state index is 9.96. The van der Waals surface area contributed by atoms with Crippen LogP contribution in [0.2, 0.25) is 0 Å². The van der Waals surface area contributed by atoms with Crippen molar-refractivity contribution in [1.82, 2.24) is 5.32 Å². The van der Waals surface area contributed by atoms with Crippen LogP contribution in [0.3, 0.4) is 0 Å². The normalized spacial score (nSPS) is 11.9. The summed E-state index contributed by atoms with van der Waals surface area (Å²) in [6, 6.07) is 2.90. The van der Waals surface area contributed by atoms with E-state index in [1.165, 1.54) is 6.07 Å². The SMILES string of the molecule is CC(C)c1cc(/C(=N/N)OCCCNCCO)c(O)cc1O. The van der Waals surface area contributed by atoms with E-state index < -0.39 is 0 Å². The highest BCUT2D eigenvalue weighted by molar-refractivity contribution is 5.97. The molecule has 0 saturated carbocycles. The smallest absolute Gasteiger partial charge is 0.241 e. The van der Waals surface area contributed by atoms with Crippen LogP contribution in [-0.4, -0.2) is 47.5 Å². The van der Waals surface area contributed by atoms with Gasteiger partial charge in [0.25, 0.3) is 0 Å². The van der Waals surface area contributed by atoms with Crippen LogP contribution in [0.4, 0.5) is 0 Å². The van der Waals surface area contributed by atoms with Gasteiger partial charge in [-0.25, -0.2) is 0 Å². The molecule has 0 radical (unpaired) electrons. The Morgan fingerprint density at radius 2 is 2.00 bits per heavy atom. The number of ether oxygens (including phenoxy) is 1. The van der Waals surface area contributed by atoms with Crippen LogP contribution < -0.4 is 11.2 Å². The lowest BCUT2D eigenvalue weighted by Gasteiger charge is -2.14. The summed E-state index contributed by atoms with van der Waals surface area (Å²) in [5.41, 5.74) is 1.04. The van der Waals surface area contributed by atoms with Crippen LogP contribution >= 0.6 is 0 Å². The monoisotopic (exact) mass is 311 g/mol. The van der Waals surface area contributed by atoms with E-state index in [9.17, 15) is 10.2 Å². The number of nitrogens with two attached hydrogens (primary N) is 1. The van der Waals surface area contributed by atoms with Crippen LogP contribution in [0.5, 0.6) is 11.5 Å². The molecule has 0 bridgehead atoms. The molecule has 22 heavy (non-hydrogen) atoms. The first-order valence-electron chi connectivity index (χ1n) is 7.29. The van der Waals surface area contributed by atoms with Crippen molar-refractivity contribution in [2.24, 2.45) is 10.9 Å². The number of nitrogens with one attached hydrogen (secondary N) is 1. The van der Waals surface area contributed by atoms with Crippen LogP contribution in [0.1, 0.15) is 37.3 Å². The molecule has 124 valence electrons. The molecule has 6 N–H and O–H groups in total. The number of phenols is 2. The number of aromatic hydroxyl groups is 2. The second kappa shape index (κ2) is 9.11. The van der Waals surface area contributed by atoms with Gasteiger partial charge in [0, 0.05) is 12.6 Å². The van der Waals surface area contributed by atoms with E-state index in [-0.39, 0.29) is 29.9 Å². The average molecular weight is 311 g/mol. The van der Waals surface area contributed by atoms with E-state index in [1.54, 1.807) is 6.07 Å². The predicted molar refractivity (Wildman–Crippen MR) is 85.1 cm³/mol. The summed E-state index contributed by atoms with van der Waals surface area (Å²) >= 11 is 0. The summed E-state index contributed by atoms with van der Waals surface area (Å²) in [4.78, 5) is 0. The number of aliphatic hydroxyl groups excluding tert-OH is 1. The third-order valence-electron chi connectivity index (χ3n) is 3.14.